The van der Waals surface area contributed by atoms with Crippen molar-refractivity contribution in [1.29, 1.82) is 0 Å². The molecule has 2 fully saturated rings. The molecule has 2 N–H and O–H groups in total. The van der Waals surface area contributed by atoms with E-state index in [-0.39, 0.29) is 28.9 Å². The third-order valence-electron chi connectivity index (χ3n) is 4.25. The molecule has 2 amide bonds. The second kappa shape index (κ2) is 6.63. The van der Waals surface area contributed by atoms with Crippen LogP contribution >= 0.6 is 24.0 Å². The zero-order valence-electron chi connectivity index (χ0n) is 12.4. The molecule has 1 aromatic rings. The Morgan fingerprint density at radius 1 is 1.13 bits per heavy atom. The lowest BCUT2D eigenvalue weighted by atomic mass is 10.1. The topological polar surface area (TPSA) is 66.6 Å². The van der Waals surface area contributed by atoms with E-state index in [4.69, 9.17) is 17.3 Å². The molecule has 1 aliphatic carbocycles. The summed E-state index contributed by atoms with van der Waals surface area (Å²) in [6, 6.07) is 4.16. The van der Waals surface area contributed by atoms with Crippen LogP contribution in [-0.2, 0) is 4.79 Å². The van der Waals surface area contributed by atoms with E-state index in [0.29, 0.717) is 26.2 Å². The highest BCUT2D eigenvalue weighted by Gasteiger charge is 2.48. The number of rotatable bonds is 2. The van der Waals surface area contributed by atoms with Crippen molar-refractivity contribution in [3.05, 3.63) is 34.6 Å². The summed E-state index contributed by atoms with van der Waals surface area (Å²) in [5.41, 5.74) is 5.10. The number of amides is 2. The van der Waals surface area contributed by atoms with Crippen LogP contribution in [0.2, 0.25) is 5.02 Å². The number of nitrogens with two attached hydrogens (primary N) is 1. The van der Waals surface area contributed by atoms with Crippen LogP contribution in [0.4, 0.5) is 4.39 Å². The van der Waals surface area contributed by atoms with Gasteiger partial charge in [-0.3, -0.25) is 9.59 Å². The lowest BCUT2D eigenvalue weighted by molar-refractivity contribution is -0.135. The number of hydrogen-bond acceptors (Lipinski definition) is 3. The van der Waals surface area contributed by atoms with Gasteiger partial charge in [-0.1, -0.05) is 17.7 Å². The van der Waals surface area contributed by atoms with Gasteiger partial charge in [0.1, 0.15) is 5.82 Å². The van der Waals surface area contributed by atoms with Gasteiger partial charge in [0, 0.05) is 26.2 Å². The summed E-state index contributed by atoms with van der Waals surface area (Å²) in [6.45, 7) is 1.53. The number of nitrogens with zero attached hydrogens (tertiary/aromatic N) is 2. The fourth-order valence-corrected chi connectivity index (χ4v) is 2.88. The third kappa shape index (κ3) is 3.44. The van der Waals surface area contributed by atoms with Gasteiger partial charge < -0.3 is 15.5 Å². The Balaban J connectivity index is 0.00000192. The molecule has 8 heteroatoms. The van der Waals surface area contributed by atoms with Crippen LogP contribution in [0.15, 0.2) is 18.2 Å². The molecule has 1 saturated heterocycles. The fourth-order valence-electron chi connectivity index (χ4n) is 2.64. The molecule has 1 saturated carbocycles. The number of carbonyl (C=O) groups is 2. The van der Waals surface area contributed by atoms with Crippen molar-refractivity contribution < 1.29 is 14.0 Å². The Bertz CT molecular complexity index is 609. The average molecular weight is 362 g/mol. The lowest BCUT2D eigenvalue weighted by Crippen LogP contribution is -2.55. The predicted molar refractivity (Wildman–Crippen MR) is 87.3 cm³/mol. The van der Waals surface area contributed by atoms with Gasteiger partial charge in [-0.25, -0.2) is 4.39 Å². The van der Waals surface area contributed by atoms with Crippen LogP contribution in [0, 0.1) is 5.82 Å². The highest BCUT2D eigenvalue weighted by Crippen LogP contribution is 2.34. The third-order valence-corrected chi connectivity index (χ3v) is 4.56. The van der Waals surface area contributed by atoms with E-state index in [1.807, 2.05) is 0 Å². The maximum absolute atomic E-state index is 13.8. The van der Waals surface area contributed by atoms with Gasteiger partial charge in [0.05, 0.1) is 16.1 Å². The zero-order valence-corrected chi connectivity index (χ0v) is 14.0. The summed E-state index contributed by atoms with van der Waals surface area (Å²) < 4.78 is 13.8. The summed E-state index contributed by atoms with van der Waals surface area (Å²) >= 11 is 5.92. The van der Waals surface area contributed by atoms with Crippen molar-refractivity contribution in [2.45, 2.75) is 18.4 Å². The van der Waals surface area contributed by atoms with E-state index in [1.54, 1.807) is 4.90 Å². The van der Waals surface area contributed by atoms with Gasteiger partial charge in [0.2, 0.25) is 5.91 Å². The summed E-state index contributed by atoms with van der Waals surface area (Å²) in [7, 11) is 0. The first-order valence-corrected chi connectivity index (χ1v) is 7.62. The number of carbonyl (C=O) groups excluding carboxylic acids is 2. The normalized spacial score (nSPS) is 19.1. The zero-order chi connectivity index (χ0) is 15.9. The maximum Gasteiger partial charge on any atom is 0.258 e. The first kappa shape index (κ1) is 18.0. The van der Waals surface area contributed by atoms with E-state index in [0.717, 1.165) is 12.8 Å². The van der Waals surface area contributed by atoms with Crippen LogP contribution in [0.3, 0.4) is 0 Å². The Kier molecular flexibility index (Phi) is 5.18. The van der Waals surface area contributed by atoms with E-state index in [9.17, 15) is 14.0 Å². The molecule has 1 heterocycles. The van der Waals surface area contributed by atoms with Gasteiger partial charge in [-0.2, -0.15) is 0 Å². The number of halogens is 3. The lowest BCUT2D eigenvalue weighted by Gasteiger charge is -2.36. The quantitative estimate of drug-likeness (QED) is 0.871. The van der Waals surface area contributed by atoms with Crippen molar-refractivity contribution in [2.24, 2.45) is 5.73 Å². The Morgan fingerprint density at radius 3 is 2.22 bits per heavy atom. The van der Waals surface area contributed by atoms with Gasteiger partial charge in [-0.15, -0.1) is 12.4 Å². The molecule has 126 valence electrons. The fraction of sp³-hybridized carbons (Fsp3) is 0.467. The molecule has 0 bridgehead atoms. The van der Waals surface area contributed by atoms with Crippen molar-refractivity contribution in [3.63, 3.8) is 0 Å². The minimum atomic E-state index is -0.693. The Hall–Kier alpha value is -1.37. The van der Waals surface area contributed by atoms with Crippen LogP contribution in [0.5, 0.6) is 0 Å². The van der Waals surface area contributed by atoms with Crippen LogP contribution in [0.25, 0.3) is 0 Å². The minimum absolute atomic E-state index is 0. The van der Waals surface area contributed by atoms with E-state index >= 15 is 0 Å². The molecule has 3 rings (SSSR count). The first-order chi connectivity index (χ1) is 10.4. The van der Waals surface area contributed by atoms with Crippen molar-refractivity contribution in [3.8, 4) is 0 Å². The van der Waals surface area contributed by atoms with Crippen LogP contribution < -0.4 is 5.73 Å². The average Bonchev–Trinajstić information content (AvgIpc) is 3.25. The van der Waals surface area contributed by atoms with Crippen molar-refractivity contribution in [2.75, 3.05) is 26.2 Å². The standard InChI is InChI=1S/C15H17ClFN3O2.ClH/c16-10-2-1-3-11(17)12(10)13(21)19-6-8-20(9-7-19)14(22)15(18)4-5-15;/h1-3H,4-9,18H2;1H. The van der Waals surface area contributed by atoms with Gasteiger partial charge in [0.15, 0.2) is 0 Å². The molecule has 1 aliphatic heterocycles. The molecule has 0 unspecified atom stereocenters. The monoisotopic (exact) mass is 361 g/mol. The van der Waals surface area contributed by atoms with E-state index in [1.165, 1.54) is 23.1 Å². The Morgan fingerprint density at radius 2 is 1.70 bits per heavy atom. The van der Waals surface area contributed by atoms with E-state index in [2.05, 4.69) is 0 Å². The smallest absolute Gasteiger partial charge is 0.258 e. The minimum Gasteiger partial charge on any atom is -0.338 e. The number of hydrogen-bond donors (Lipinski definition) is 1. The SMILES string of the molecule is Cl.NC1(C(=O)N2CCN(C(=O)c3c(F)cccc3Cl)CC2)CC1. The molecule has 2 aliphatic rings. The number of benzene rings is 1. The molecular weight excluding hydrogens is 344 g/mol. The van der Waals surface area contributed by atoms with Gasteiger partial charge >= 0.3 is 0 Å². The molecule has 5 nitrogen and oxygen atoms in total. The first-order valence-electron chi connectivity index (χ1n) is 7.24. The van der Waals surface area contributed by atoms with Crippen LogP contribution in [-0.4, -0.2) is 53.3 Å². The summed E-state index contributed by atoms with van der Waals surface area (Å²) in [5.74, 6) is -1.12. The summed E-state index contributed by atoms with van der Waals surface area (Å²) in [4.78, 5) is 27.8. The molecule has 0 radical (unpaired) electrons. The molecule has 0 atom stereocenters. The molecule has 0 spiro atoms. The molecule has 23 heavy (non-hydrogen) atoms. The summed E-state index contributed by atoms with van der Waals surface area (Å²) in [6.07, 6.45) is 1.44. The molecule has 1 aromatic carbocycles. The van der Waals surface area contributed by atoms with E-state index < -0.39 is 17.3 Å². The van der Waals surface area contributed by atoms with Gasteiger partial charge in [0.25, 0.3) is 5.91 Å². The summed E-state index contributed by atoms with van der Waals surface area (Å²) in [5, 5.41) is 0.0994. The molecule has 0 aromatic heterocycles. The number of piperazine rings is 1. The van der Waals surface area contributed by atoms with Gasteiger partial charge in [-0.05, 0) is 25.0 Å². The van der Waals surface area contributed by atoms with Crippen LogP contribution in [0.1, 0.15) is 23.2 Å². The maximum atomic E-state index is 13.8. The largest absolute Gasteiger partial charge is 0.338 e. The highest BCUT2D eigenvalue weighted by molar-refractivity contribution is 6.33. The second-order valence-corrected chi connectivity index (χ2v) is 6.24. The Labute approximate surface area is 145 Å². The predicted octanol–water partition coefficient (Wildman–Crippen LogP) is 1.68. The van der Waals surface area contributed by atoms with Crippen molar-refractivity contribution >= 4 is 35.8 Å². The van der Waals surface area contributed by atoms with Crippen molar-refractivity contribution in [1.82, 2.24) is 9.80 Å². The second-order valence-electron chi connectivity index (χ2n) is 5.84. The highest BCUT2D eigenvalue weighted by atomic mass is 35.5. The molecular formula is C15H18Cl2FN3O2.